The van der Waals surface area contributed by atoms with Gasteiger partial charge in [0, 0.05) is 31.7 Å². The summed E-state index contributed by atoms with van der Waals surface area (Å²) in [6, 6.07) is 7.03. The van der Waals surface area contributed by atoms with Gasteiger partial charge in [-0.25, -0.2) is 0 Å². The van der Waals surface area contributed by atoms with Crippen molar-refractivity contribution in [2.45, 2.75) is 19.4 Å². The van der Waals surface area contributed by atoms with Gasteiger partial charge < -0.3 is 25.3 Å². The molecule has 0 heterocycles. The Bertz CT molecular complexity index is 426. The molecule has 0 radical (unpaired) electrons. The molecule has 1 rings (SSSR count). The minimum Gasteiger partial charge on any atom is -0.399 e. The highest BCUT2D eigenvalue weighted by atomic mass is 16.5. The first-order valence-corrected chi connectivity index (χ1v) is 6.98. The van der Waals surface area contributed by atoms with Crippen molar-refractivity contribution in [1.29, 1.82) is 0 Å². The number of benzene rings is 1. The first-order chi connectivity index (χ1) is 10.1. The molecule has 0 aliphatic heterocycles. The molecule has 6 nitrogen and oxygen atoms in total. The van der Waals surface area contributed by atoms with Crippen LogP contribution in [0.1, 0.15) is 13.3 Å². The van der Waals surface area contributed by atoms with Crippen LogP contribution >= 0.6 is 0 Å². The first-order valence-electron chi connectivity index (χ1n) is 6.98. The zero-order valence-corrected chi connectivity index (χ0v) is 12.6. The van der Waals surface area contributed by atoms with E-state index in [0.717, 1.165) is 6.42 Å². The molecule has 6 heteroatoms. The van der Waals surface area contributed by atoms with Gasteiger partial charge in [-0.1, -0.05) is 6.07 Å². The molecule has 1 aromatic rings. The molecule has 0 aliphatic carbocycles. The van der Waals surface area contributed by atoms with Crippen LogP contribution in [-0.4, -0.2) is 45.5 Å². The van der Waals surface area contributed by atoms with E-state index in [2.05, 4.69) is 5.32 Å². The highest BCUT2D eigenvalue weighted by molar-refractivity contribution is 5.94. The lowest BCUT2D eigenvalue weighted by Crippen LogP contribution is -2.28. The molecular weight excluding hydrogens is 272 g/mol. The minimum atomic E-state index is -0.523. The van der Waals surface area contributed by atoms with E-state index in [1.807, 2.05) is 0 Å². The Kier molecular flexibility index (Phi) is 8.42. The zero-order valence-electron chi connectivity index (χ0n) is 12.6. The fourth-order valence-electron chi connectivity index (χ4n) is 1.60. The Morgan fingerprint density at radius 3 is 2.81 bits per heavy atom. The number of nitrogen functional groups attached to an aromatic ring is 1. The third-order valence-corrected chi connectivity index (χ3v) is 2.76. The number of hydrogen-bond acceptors (Lipinski definition) is 5. The average molecular weight is 296 g/mol. The number of carbonyl (C=O) groups excluding carboxylic acids is 1. The highest BCUT2D eigenvalue weighted by Gasteiger charge is 2.13. The summed E-state index contributed by atoms with van der Waals surface area (Å²) in [7, 11) is 1.63. The Balaban J connectivity index is 2.16. The van der Waals surface area contributed by atoms with E-state index in [1.54, 1.807) is 38.3 Å². The molecule has 1 aromatic carbocycles. The topological polar surface area (TPSA) is 82.8 Å². The summed E-state index contributed by atoms with van der Waals surface area (Å²) in [6.07, 6.45) is 0.213. The van der Waals surface area contributed by atoms with E-state index >= 15 is 0 Å². The number of anilines is 2. The number of rotatable bonds is 10. The van der Waals surface area contributed by atoms with E-state index in [0.29, 0.717) is 37.8 Å². The molecule has 3 N–H and O–H groups in total. The third-order valence-electron chi connectivity index (χ3n) is 2.76. The van der Waals surface area contributed by atoms with Crippen molar-refractivity contribution >= 4 is 17.3 Å². The molecule has 0 aliphatic rings. The second-order valence-corrected chi connectivity index (χ2v) is 4.59. The van der Waals surface area contributed by atoms with Crippen LogP contribution in [0.3, 0.4) is 0 Å². The van der Waals surface area contributed by atoms with Gasteiger partial charge in [0.15, 0.2) is 0 Å². The maximum Gasteiger partial charge on any atom is 0.253 e. The molecule has 0 fully saturated rings. The fourth-order valence-corrected chi connectivity index (χ4v) is 1.60. The maximum atomic E-state index is 11.9. The van der Waals surface area contributed by atoms with Gasteiger partial charge in [-0.15, -0.1) is 0 Å². The van der Waals surface area contributed by atoms with Crippen LogP contribution in [0.15, 0.2) is 24.3 Å². The lowest BCUT2D eigenvalue weighted by molar-refractivity contribution is -0.126. The molecule has 0 saturated carbocycles. The largest absolute Gasteiger partial charge is 0.399 e. The molecule has 21 heavy (non-hydrogen) atoms. The van der Waals surface area contributed by atoms with Crippen LogP contribution < -0.4 is 11.1 Å². The molecule has 1 unspecified atom stereocenters. The molecular formula is C15H24N2O4. The van der Waals surface area contributed by atoms with Gasteiger partial charge in [0.25, 0.3) is 5.91 Å². The first kappa shape index (κ1) is 17.4. The standard InChI is InChI=1S/C15H24N2O4/c1-12(21-8-4-7-20-10-9-19-2)15(18)17-14-6-3-5-13(16)11-14/h3,5-6,11-12H,4,7-10,16H2,1-2H3,(H,17,18). The lowest BCUT2D eigenvalue weighted by atomic mass is 10.2. The van der Waals surface area contributed by atoms with Gasteiger partial charge in [0.2, 0.25) is 0 Å². The summed E-state index contributed by atoms with van der Waals surface area (Å²) >= 11 is 0. The lowest BCUT2D eigenvalue weighted by Gasteiger charge is -2.13. The normalized spacial score (nSPS) is 12.1. The predicted molar refractivity (Wildman–Crippen MR) is 82.2 cm³/mol. The number of carbonyl (C=O) groups is 1. The van der Waals surface area contributed by atoms with Crippen LogP contribution in [0.5, 0.6) is 0 Å². The summed E-state index contributed by atoms with van der Waals surface area (Å²) in [5.41, 5.74) is 6.92. The summed E-state index contributed by atoms with van der Waals surface area (Å²) in [5.74, 6) is -0.194. The number of methoxy groups -OCH3 is 1. The quantitative estimate of drug-likeness (QED) is 0.507. The second-order valence-electron chi connectivity index (χ2n) is 4.59. The van der Waals surface area contributed by atoms with Crippen LogP contribution in [0.4, 0.5) is 11.4 Å². The van der Waals surface area contributed by atoms with Crippen molar-refractivity contribution in [1.82, 2.24) is 0 Å². The molecule has 0 spiro atoms. The Morgan fingerprint density at radius 2 is 2.10 bits per heavy atom. The van der Waals surface area contributed by atoms with Crippen molar-refractivity contribution in [2.75, 3.05) is 44.6 Å². The van der Waals surface area contributed by atoms with Crippen LogP contribution in [-0.2, 0) is 19.0 Å². The number of amides is 1. The zero-order chi connectivity index (χ0) is 15.5. The molecule has 0 aromatic heterocycles. The Morgan fingerprint density at radius 1 is 1.29 bits per heavy atom. The predicted octanol–water partition coefficient (Wildman–Crippen LogP) is 1.67. The highest BCUT2D eigenvalue weighted by Crippen LogP contribution is 2.12. The Labute approximate surface area is 125 Å². The van der Waals surface area contributed by atoms with Crippen molar-refractivity contribution in [3.8, 4) is 0 Å². The number of ether oxygens (including phenoxy) is 3. The van der Waals surface area contributed by atoms with Crippen molar-refractivity contribution in [3.05, 3.63) is 24.3 Å². The van der Waals surface area contributed by atoms with E-state index < -0.39 is 6.10 Å². The van der Waals surface area contributed by atoms with Crippen molar-refractivity contribution in [2.24, 2.45) is 0 Å². The summed E-state index contributed by atoms with van der Waals surface area (Å²) in [4.78, 5) is 11.9. The third kappa shape index (κ3) is 7.65. The summed E-state index contributed by atoms with van der Waals surface area (Å²) < 4.78 is 15.6. The molecule has 0 saturated heterocycles. The Hall–Kier alpha value is -1.63. The number of hydrogen-bond donors (Lipinski definition) is 2. The molecule has 118 valence electrons. The average Bonchev–Trinajstić information content (AvgIpc) is 2.46. The van der Waals surface area contributed by atoms with Crippen molar-refractivity contribution in [3.63, 3.8) is 0 Å². The van der Waals surface area contributed by atoms with Crippen LogP contribution in [0, 0.1) is 0 Å². The molecule has 1 amide bonds. The van der Waals surface area contributed by atoms with Gasteiger partial charge in [0.1, 0.15) is 6.10 Å². The summed E-state index contributed by atoms with van der Waals surface area (Å²) in [5, 5.41) is 2.76. The minimum absolute atomic E-state index is 0.194. The fraction of sp³-hybridized carbons (Fsp3) is 0.533. The van der Waals surface area contributed by atoms with Gasteiger partial charge in [-0.05, 0) is 31.5 Å². The van der Waals surface area contributed by atoms with E-state index in [9.17, 15) is 4.79 Å². The monoisotopic (exact) mass is 296 g/mol. The van der Waals surface area contributed by atoms with Gasteiger partial charge >= 0.3 is 0 Å². The van der Waals surface area contributed by atoms with E-state index in [4.69, 9.17) is 19.9 Å². The summed E-state index contributed by atoms with van der Waals surface area (Å²) in [6.45, 7) is 3.93. The number of nitrogens with one attached hydrogen (secondary N) is 1. The van der Waals surface area contributed by atoms with Crippen LogP contribution in [0.25, 0.3) is 0 Å². The van der Waals surface area contributed by atoms with Gasteiger partial charge in [-0.2, -0.15) is 0 Å². The second kappa shape index (κ2) is 10.1. The molecule has 0 bridgehead atoms. The van der Waals surface area contributed by atoms with Gasteiger partial charge in [-0.3, -0.25) is 4.79 Å². The van der Waals surface area contributed by atoms with E-state index in [1.165, 1.54) is 0 Å². The SMILES string of the molecule is COCCOCCCOC(C)C(=O)Nc1cccc(N)c1. The van der Waals surface area contributed by atoms with Crippen LogP contribution in [0.2, 0.25) is 0 Å². The van der Waals surface area contributed by atoms with Gasteiger partial charge in [0.05, 0.1) is 13.2 Å². The van der Waals surface area contributed by atoms with E-state index in [-0.39, 0.29) is 5.91 Å². The van der Waals surface area contributed by atoms with Crippen molar-refractivity contribution < 1.29 is 19.0 Å². The smallest absolute Gasteiger partial charge is 0.253 e. The maximum absolute atomic E-state index is 11.9. The molecule has 1 atom stereocenters. The number of nitrogens with two attached hydrogens (primary N) is 1.